The Morgan fingerprint density at radius 2 is 1.81 bits per heavy atom. The molecule has 0 atom stereocenters. The zero-order valence-electron chi connectivity index (χ0n) is 18.4. The van der Waals surface area contributed by atoms with Crippen molar-refractivity contribution in [1.29, 1.82) is 0 Å². The van der Waals surface area contributed by atoms with Crippen LogP contribution in [-0.2, 0) is 11.3 Å². The largest absolute Gasteiger partial charge is 0.486 e. The van der Waals surface area contributed by atoms with Gasteiger partial charge in [-0.1, -0.05) is 26.0 Å². The molecule has 1 amide bonds. The number of rotatable bonds is 8. The quantitative estimate of drug-likeness (QED) is 0.428. The zero-order chi connectivity index (χ0) is 22.5. The third-order valence-corrected chi connectivity index (χ3v) is 6.03. The van der Waals surface area contributed by atoms with Crippen molar-refractivity contribution in [1.82, 2.24) is 0 Å². The average molecular weight is 442 g/mol. The summed E-state index contributed by atoms with van der Waals surface area (Å²) in [5.74, 6) is 0.987. The molecule has 0 spiro atoms. The van der Waals surface area contributed by atoms with Crippen molar-refractivity contribution in [2.24, 2.45) is 0 Å². The first-order valence-electron chi connectivity index (χ1n) is 10.2. The van der Waals surface area contributed by atoms with E-state index in [0.29, 0.717) is 22.2 Å². The SMILES string of the molecule is CCOC(=O)c1c(NC(=O)c2ccc(COc3ccc(C(C)C)cc3)o2)sc(C)c1C. The minimum absolute atomic E-state index is 0.146. The molecule has 31 heavy (non-hydrogen) atoms. The molecule has 1 N–H and O–H groups in total. The molecule has 2 heterocycles. The Balaban J connectivity index is 1.65. The second kappa shape index (κ2) is 9.83. The molecule has 0 aliphatic carbocycles. The fraction of sp³-hybridized carbons (Fsp3) is 0.333. The van der Waals surface area contributed by atoms with E-state index >= 15 is 0 Å². The summed E-state index contributed by atoms with van der Waals surface area (Å²) in [5.41, 5.74) is 2.43. The number of benzene rings is 1. The first kappa shape index (κ1) is 22.6. The maximum atomic E-state index is 12.7. The average Bonchev–Trinajstić information content (AvgIpc) is 3.32. The Morgan fingerprint density at radius 1 is 1.10 bits per heavy atom. The second-order valence-corrected chi connectivity index (χ2v) is 8.67. The summed E-state index contributed by atoms with van der Waals surface area (Å²) < 4.78 is 16.5. The van der Waals surface area contributed by atoms with Crippen molar-refractivity contribution in [3.8, 4) is 5.75 Å². The number of nitrogens with one attached hydrogen (secondary N) is 1. The van der Waals surface area contributed by atoms with E-state index in [-0.39, 0.29) is 19.0 Å². The molecule has 3 rings (SSSR count). The Morgan fingerprint density at radius 3 is 2.45 bits per heavy atom. The highest BCUT2D eigenvalue weighted by Crippen LogP contribution is 2.33. The van der Waals surface area contributed by atoms with E-state index in [4.69, 9.17) is 13.9 Å². The van der Waals surface area contributed by atoms with E-state index in [2.05, 4.69) is 19.2 Å². The summed E-state index contributed by atoms with van der Waals surface area (Å²) in [6, 6.07) is 11.2. The first-order valence-corrected chi connectivity index (χ1v) is 11.0. The molecule has 0 fully saturated rings. The molecular formula is C24H27NO5S. The molecule has 1 aromatic carbocycles. The summed E-state index contributed by atoms with van der Waals surface area (Å²) in [6.45, 7) is 10.2. The van der Waals surface area contributed by atoms with Crippen molar-refractivity contribution in [3.05, 3.63) is 69.5 Å². The van der Waals surface area contributed by atoms with Crippen LogP contribution >= 0.6 is 11.3 Å². The molecule has 3 aromatic rings. The molecule has 0 bridgehead atoms. The van der Waals surface area contributed by atoms with E-state index in [9.17, 15) is 9.59 Å². The first-order chi connectivity index (χ1) is 14.8. The molecular weight excluding hydrogens is 414 g/mol. The van der Waals surface area contributed by atoms with Gasteiger partial charge >= 0.3 is 5.97 Å². The monoisotopic (exact) mass is 441 g/mol. The van der Waals surface area contributed by atoms with Gasteiger partial charge in [0.25, 0.3) is 5.91 Å². The van der Waals surface area contributed by atoms with Gasteiger partial charge in [0, 0.05) is 4.88 Å². The van der Waals surface area contributed by atoms with Gasteiger partial charge in [-0.15, -0.1) is 11.3 Å². The van der Waals surface area contributed by atoms with Gasteiger partial charge in [0.1, 0.15) is 23.1 Å². The number of hydrogen-bond acceptors (Lipinski definition) is 6. The van der Waals surface area contributed by atoms with Crippen LogP contribution < -0.4 is 10.1 Å². The number of carbonyl (C=O) groups excluding carboxylic acids is 2. The number of aryl methyl sites for hydroxylation is 1. The highest BCUT2D eigenvalue weighted by Gasteiger charge is 2.23. The lowest BCUT2D eigenvalue weighted by atomic mass is 10.0. The minimum atomic E-state index is -0.448. The molecule has 0 saturated heterocycles. The van der Waals surface area contributed by atoms with E-state index in [1.807, 2.05) is 38.1 Å². The molecule has 0 aliphatic rings. The number of hydrogen-bond donors (Lipinski definition) is 1. The van der Waals surface area contributed by atoms with Crippen molar-refractivity contribution in [2.45, 2.75) is 47.1 Å². The van der Waals surface area contributed by atoms with Gasteiger partial charge in [0.2, 0.25) is 0 Å². The summed E-state index contributed by atoms with van der Waals surface area (Å²) in [5, 5.41) is 3.23. The van der Waals surface area contributed by atoms with Crippen LogP contribution in [0.4, 0.5) is 5.00 Å². The third-order valence-electron chi connectivity index (χ3n) is 4.91. The van der Waals surface area contributed by atoms with Crippen molar-refractivity contribution in [2.75, 3.05) is 11.9 Å². The summed E-state index contributed by atoms with van der Waals surface area (Å²) in [6.07, 6.45) is 0. The van der Waals surface area contributed by atoms with Gasteiger partial charge < -0.3 is 19.2 Å². The third kappa shape index (κ3) is 5.35. The lowest BCUT2D eigenvalue weighted by Crippen LogP contribution is -2.14. The van der Waals surface area contributed by atoms with E-state index < -0.39 is 11.9 Å². The van der Waals surface area contributed by atoms with Crippen LogP contribution in [0.2, 0.25) is 0 Å². The van der Waals surface area contributed by atoms with Gasteiger partial charge in [-0.05, 0) is 62.1 Å². The highest BCUT2D eigenvalue weighted by molar-refractivity contribution is 7.16. The number of carbonyl (C=O) groups is 2. The minimum Gasteiger partial charge on any atom is -0.486 e. The van der Waals surface area contributed by atoms with Crippen LogP contribution in [-0.4, -0.2) is 18.5 Å². The summed E-state index contributed by atoms with van der Waals surface area (Å²) in [7, 11) is 0. The normalized spacial score (nSPS) is 10.9. The van der Waals surface area contributed by atoms with Crippen LogP contribution in [0.5, 0.6) is 5.75 Å². The van der Waals surface area contributed by atoms with E-state index in [1.54, 1.807) is 19.1 Å². The summed E-state index contributed by atoms with van der Waals surface area (Å²) in [4.78, 5) is 25.9. The summed E-state index contributed by atoms with van der Waals surface area (Å²) >= 11 is 1.34. The van der Waals surface area contributed by atoms with Crippen LogP contribution in [0.15, 0.2) is 40.8 Å². The van der Waals surface area contributed by atoms with E-state index in [1.165, 1.54) is 16.9 Å². The number of ether oxygens (including phenoxy) is 2. The fourth-order valence-electron chi connectivity index (χ4n) is 3.01. The molecule has 2 aromatic heterocycles. The van der Waals surface area contributed by atoms with Gasteiger partial charge in [-0.25, -0.2) is 4.79 Å². The standard InChI is InChI=1S/C24H27NO5S/c1-6-28-24(27)21-15(4)16(5)31-23(21)25-22(26)20-12-11-19(30-20)13-29-18-9-7-17(8-10-18)14(2)3/h7-12,14H,6,13H2,1-5H3,(H,25,26). The fourth-order valence-corrected chi connectivity index (χ4v) is 4.05. The number of anilines is 1. The van der Waals surface area contributed by atoms with E-state index in [0.717, 1.165) is 16.2 Å². The Bertz CT molecular complexity index is 1060. The number of esters is 1. The van der Waals surface area contributed by atoms with Gasteiger partial charge in [-0.3, -0.25) is 4.79 Å². The maximum Gasteiger partial charge on any atom is 0.341 e. The molecule has 164 valence electrons. The number of amides is 1. The van der Waals surface area contributed by atoms with Gasteiger partial charge in [0.15, 0.2) is 5.76 Å². The zero-order valence-corrected chi connectivity index (χ0v) is 19.2. The smallest absolute Gasteiger partial charge is 0.341 e. The number of furan rings is 1. The molecule has 0 aliphatic heterocycles. The lowest BCUT2D eigenvalue weighted by molar-refractivity contribution is 0.0527. The van der Waals surface area contributed by atoms with Crippen LogP contribution in [0.25, 0.3) is 0 Å². The van der Waals surface area contributed by atoms with Gasteiger partial charge in [0.05, 0.1) is 12.2 Å². The van der Waals surface area contributed by atoms with Crippen molar-refractivity contribution < 1.29 is 23.5 Å². The predicted octanol–water partition coefficient (Wildman–Crippen LogP) is 6.09. The Kier molecular flexibility index (Phi) is 7.17. The molecule has 0 saturated carbocycles. The Labute approximate surface area is 186 Å². The van der Waals surface area contributed by atoms with Crippen LogP contribution in [0.1, 0.15) is 69.4 Å². The maximum absolute atomic E-state index is 12.7. The molecule has 6 nitrogen and oxygen atoms in total. The van der Waals surface area contributed by atoms with Crippen molar-refractivity contribution in [3.63, 3.8) is 0 Å². The van der Waals surface area contributed by atoms with Crippen LogP contribution in [0, 0.1) is 13.8 Å². The van der Waals surface area contributed by atoms with Gasteiger partial charge in [-0.2, -0.15) is 0 Å². The molecule has 7 heteroatoms. The molecule has 0 radical (unpaired) electrons. The highest BCUT2D eigenvalue weighted by atomic mass is 32.1. The topological polar surface area (TPSA) is 77.8 Å². The van der Waals surface area contributed by atoms with Crippen LogP contribution in [0.3, 0.4) is 0 Å². The van der Waals surface area contributed by atoms with Crippen molar-refractivity contribution >= 4 is 28.2 Å². The predicted molar refractivity (Wildman–Crippen MR) is 121 cm³/mol. The molecule has 0 unspecified atom stereocenters. The Hall–Kier alpha value is -3.06. The lowest BCUT2D eigenvalue weighted by Gasteiger charge is -2.08. The second-order valence-electron chi connectivity index (χ2n) is 7.44. The number of thiophene rings is 1.